The molecule has 0 saturated carbocycles. The Kier molecular flexibility index (Phi) is 4.65. The molecule has 0 saturated heterocycles. The van der Waals surface area contributed by atoms with Crippen LogP contribution in [0.4, 0.5) is 8.78 Å². The van der Waals surface area contributed by atoms with Gasteiger partial charge in [0.1, 0.15) is 5.75 Å². The first-order valence-corrected chi connectivity index (χ1v) is 4.99. The molecule has 1 unspecified atom stereocenters. The second-order valence-electron chi connectivity index (χ2n) is 3.27. The number of carboxylic acid groups (broad SMARTS) is 1. The molecular weight excluding hydrogens is 256 g/mol. The lowest BCUT2D eigenvalue weighted by atomic mass is 10.0. The summed E-state index contributed by atoms with van der Waals surface area (Å²) < 4.78 is 28.5. The van der Waals surface area contributed by atoms with Crippen molar-refractivity contribution in [2.75, 3.05) is 0 Å². The molecule has 1 aromatic rings. The van der Waals surface area contributed by atoms with Gasteiger partial charge in [-0.25, -0.2) is 0 Å². The minimum absolute atomic E-state index is 0.139. The van der Waals surface area contributed by atoms with Gasteiger partial charge in [0.25, 0.3) is 0 Å². The van der Waals surface area contributed by atoms with Gasteiger partial charge in [-0.15, -0.1) is 0 Å². The molecule has 1 aromatic carbocycles. The van der Waals surface area contributed by atoms with Crippen LogP contribution in [-0.4, -0.2) is 17.7 Å². The van der Waals surface area contributed by atoms with E-state index in [-0.39, 0.29) is 16.3 Å². The molecule has 94 valence electrons. The van der Waals surface area contributed by atoms with E-state index in [2.05, 4.69) is 4.74 Å². The summed E-state index contributed by atoms with van der Waals surface area (Å²) in [6.45, 7) is -3.01. The van der Waals surface area contributed by atoms with Gasteiger partial charge in [0.2, 0.25) is 0 Å². The van der Waals surface area contributed by atoms with E-state index in [0.717, 1.165) is 0 Å². The molecule has 0 heterocycles. The first kappa shape index (κ1) is 13.7. The van der Waals surface area contributed by atoms with Crippen LogP contribution in [0.3, 0.4) is 0 Å². The standard InChI is InChI=1S/C10H10ClF2NO3/c11-5-1-2-8(17-10(12)13)6(3-5)7(14)4-9(15)16/h1-3,7,10H,4,14H2,(H,15,16). The van der Waals surface area contributed by atoms with Gasteiger partial charge >= 0.3 is 12.6 Å². The molecule has 0 aliphatic rings. The third-order valence-corrected chi connectivity index (χ3v) is 2.22. The number of carbonyl (C=O) groups is 1. The Morgan fingerprint density at radius 1 is 1.53 bits per heavy atom. The van der Waals surface area contributed by atoms with Gasteiger partial charge in [-0.1, -0.05) is 11.6 Å². The van der Waals surface area contributed by atoms with E-state index in [1.165, 1.54) is 18.2 Å². The zero-order valence-electron chi connectivity index (χ0n) is 8.57. The fraction of sp³-hybridized carbons (Fsp3) is 0.300. The first-order chi connectivity index (χ1) is 7.90. The molecule has 3 N–H and O–H groups in total. The van der Waals surface area contributed by atoms with Crippen LogP contribution in [0.5, 0.6) is 5.75 Å². The fourth-order valence-electron chi connectivity index (χ4n) is 1.31. The molecule has 0 amide bonds. The number of benzene rings is 1. The number of nitrogens with two attached hydrogens (primary N) is 1. The molecule has 0 fully saturated rings. The van der Waals surface area contributed by atoms with Gasteiger partial charge in [-0.2, -0.15) is 8.78 Å². The molecule has 0 spiro atoms. The van der Waals surface area contributed by atoms with Gasteiger partial charge in [0, 0.05) is 16.6 Å². The van der Waals surface area contributed by atoms with E-state index in [0.29, 0.717) is 0 Å². The zero-order valence-corrected chi connectivity index (χ0v) is 9.32. The van der Waals surface area contributed by atoms with Crippen molar-refractivity contribution in [2.45, 2.75) is 19.1 Å². The molecule has 1 rings (SSSR count). The van der Waals surface area contributed by atoms with Crippen molar-refractivity contribution >= 4 is 17.6 Å². The molecular formula is C10H10ClF2NO3. The molecule has 17 heavy (non-hydrogen) atoms. The maximum Gasteiger partial charge on any atom is 0.387 e. The van der Waals surface area contributed by atoms with Crippen LogP contribution in [0, 0.1) is 0 Å². The number of rotatable bonds is 5. The monoisotopic (exact) mass is 265 g/mol. The van der Waals surface area contributed by atoms with Crippen molar-refractivity contribution in [2.24, 2.45) is 5.73 Å². The van der Waals surface area contributed by atoms with Gasteiger partial charge in [0.15, 0.2) is 0 Å². The number of halogens is 3. The van der Waals surface area contributed by atoms with Gasteiger partial charge < -0.3 is 15.6 Å². The summed E-state index contributed by atoms with van der Waals surface area (Å²) >= 11 is 5.69. The van der Waals surface area contributed by atoms with Crippen molar-refractivity contribution in [3.63, 3.8) is 0 Å². The van der Waals surface area contributed by atoms with Crippen LogP contribution < -0.4 is 10.5 Å². The van der Waals surface area contributed by atoms with Crippen molar-refractivity contribution in [1.82, 2.24) is 0 Å². The quantitative estimate of drug-likeness (QED) is 0.857. The smallest absolute Gasteiger partial charge is 0.387 e. The van der Waals surface area contributed by atoms with Crippen LogP contribution >= 0.6 is 11.6 Å². The van der Waals surface area contributed by atoms with E-state index in [1.807, 2.05) is 0 Å². The first-order valence-electron chi connectivity index (χ1n) is 4.61. The summed E-state index contributed by atoms with van der Waals surface area (Å²) in [5, 5.41) is 8.85. The zero-order chi connectivity index (χ0) is 13.0. The SMILES string of the molecule is NC(CC(=O)O)c1cc(Cl)ccc1OC(F)F. The summed E-state index contributed by atoms with van der Waals surface area (Å²) in [6.07, 6.45) is -0.403. The molecule has 0 aliphatic heterocycles. The maximum absolute atomic E-state index is 12.1. The number of carboxylic acids is 1. The number of hydrogen-bond acceptors (Lipinski definition) is 3. The molecule has 0 aliphatic carbocycles. The van der Waals surface area contributed by atoms with Crippen LogP contribution in [0.2, 0.25) is 5.02 Å². The highest BCUT2D eigenvalue weighted by atomic mass is 35.5. The number of hydrogen-bond donors (Lipinski definition) is 2. The predicted octanol–water partition coefficient (Wildman–Crippen LogP) is 2.42. The Hall–Kier alpha value is -1.40. The van der Waals surface area contributed by atoms with Crippen molar-refractivity contribution in [3.05, 3.63) is 28.8 Å². The molecule has 4 nitrogen and oxygen atoms in total. The largest absolute Gasteiger partial charge is 0.481 e. The highest BCUT2D eigenvalue weighted by Crippen LogP contribution is 2.30. The lowest BCUT2D eigenvalue weighted by molar-refractivity contribution is -0.137. The Morgan fingerprint density at radius 3 is 2.71 bits per heavy atom. The number of alkyl halides is 2. The lowest BCUT2D eigenvalue weighted by Crippen LogP contribution is -2.17. The van der Waals surface area contributed by atoms with Crippen LogP contribution in [0.1, 0.15) is 18.0 Å². The number of aliphatic carboxylic acids is 1. The van der Waals surface area contributed by atoms with Gasteiger partial charge in [-0.3, -0.25) is 4.79 Å². The van der Waals surface area contributed by atoms with Crippen molar-refractivity contribution in [1.29, 1.82) is 0 Å². The van der Waals surface area contributed by atoms with Crippen molar-refractivity contribution in [3.8, 4) is 5.75 Å². The average molecular weight is 266 g/mol. The normalized spacial score (nSPS) is 12.5. The number of ether oxygens (including phenoxy) is 1. The molecule has 0 aromatic heterocycles. The summed E-state index contributed by atoms with van der Waals surface area (Å²) in [4.78, 5) is 10.5. The van der Waals surface area contributed by atoms with Gasteiger partial charge in [-0.05, 0) is 18.2 Å². The van der Waals surface area contributed by atoms with E-state index in [9.17, 15) is 13.6 Å². The second kappa shape index (κ2) is 5.79. The Balaban J connectivity index is 3.01. The third-order valence-electron chi connectivity index (χ3n) is 1.98. The van der Waals surface area contributed by atoms with Crippen LogP contribution in [-0.2, 0) is 4.79 Å². The third kappa shape index (κ3) is 4.16. The van der Waals surface area contributed by atoms with E-state index in [1.54, 1.807) is 0 Å². The molecule has 0 bridgehead atoms. The predicted molar refractivity (Wildman–Crippen MR) is 57.3 cm³/mol. The highest BCUT2D eigenvalue weighted by Gasteiger charge is 2.18. The Bertz CT molecular complexity index is 415. The van der Waals surface area contributed by atoms with Crippen LogP contribution in [0.15, 0.2) is 18.2 Å². The van der Waals surface area contributed by atoms with Crippen LogP contribution in [0.25, 0.3) is 0 Å². The maximum atomic E-state index is 12.1. The van der Waals surface area contributed by atoms with E-state index >= 15 is 0 Å². The summed E-state index contributed by atoms with van der Waals surface area (Å²) in [5.74, 6) is -1.31. The Morgan fingerprint density at radius 2 is 2.18 bits per heavy atom. The minimum atomic E-state index is -3.01. The lowest BCUT2D eigenvalue weighted by Gasteiger charge is -2.15. The summed E-state index contributed by atoms with van der Waals surface area (Å²) in [7, 11) is 0. The van der Waals surface area contributed by atoms with E-state index < -0.39 is 25.0 Å². The minimum Gasteiger partial charge on any atom is -0.481 e. The second-order valence-corrected chi connectivity index (χ2v) is 3.70. The average Bonchev–Trinajstić information content (AvgIpc) is 2.19. The Labute approximate surface area is 101 Å². The molecule has 1 atom stereocenters. The molecule has 7 heteroatoms. The van der Waals surface area contributed by atoms with Crippen molar-refractivity contribution < 1.29 is 23.4 Å². The van der Waals surface area contributed by atoms with E-state index in [4.69, 9.17) is 22.4 Å². The fourth-order valence-corrected chi connectivity index (χ4v) is 1.49. The summed E-state index contributed by atoms with van der Waals surface area (Å²) in [5.41, 5.74) is 5.72. The highest BCUT2D eigenvalue weighted by molar-refractivity contribution is 6.30. The molecule has 0 radical (unpaired) electrons. The summed E-state index contributed by atoms with van der Waals surface area (Å²) in [6, 6.07) is 2.94. The topological polar surface area (TPSA) is 72.6 Å². The van der Waals surface area contributed by atoms with Gasteiger partial charge in [0.05, 0.1) is 6.42 Å².